The highest BCUT2D eigenvalue weighted by atomic mass is 35.5. The molecule has 104 valence electrons. The van der Waals surface area contributed by atoms with Crippen LogP contribution < -0.4 is 5.73 Å². The average molecular weight is 283 g/mol. The van der Waals surface area contributed by atoms with Crippen molar-refractivity contribution in [3.05, 3.63) is 28.8 Å². The van der Waals surface area contributed by atoms with Gasteiger partial charge in [-0.3, -0.25) is 4.79 Å². The van der Waals surface area contributed by atoms with Crippen molar-refractivity contribution < 1.29 is 9.90 Å². The standard InChI is InChI=1S/C14H19ClN2O2/c15-13-6-5-10(16)9-12(13)14(19)17(7-8-18)11-3-1-2-4-11/h5-6,9,11,18H,1-4,7-8,16H2. The number of nitrogens with two attached hydrogens (primary N) is 1. The largest absolute Gasteiger partial charge is 0.399 e. The molecule has 5 heteroatoms. The lowest BCUT2D eigenvalue weighted by Gasteiger charge is -2.28. The SMILES string of the molecule is Nc1ccc(Cl)c(C(=O)N(CCO)C2CCCC2)c1. The van der Waals surface area contributed by atoms with E-state index < -0.39 is 0 Å². The minimum Gasteiger partial charge on any atom is -0.399 e. The first-order chi connectivity index (χ1) is 9.13. The van der Waals surface area contributed by atoms with E-state index in [0.29, 0.717) is 22.8 Å². The van der Waals surface area contributed by atoms with E-state index >= 15 is 0 Å². The minimum absolute atomic E-state index is 0.0395. The maximum atomic E-state index is 12.6. The topological polar surface area (TPSA) is 66.6 Å². The van der Waals surface area contributed by atoms with Crippen LogP contribution in [-0.4, -0.2) is 35.1 Å². The molecule has 0 aliphatic heterocycles. The number of amides is 1. The Morgan fingerprint density at radius 2 is 2.11 bits per heavy atom. The Kier molecular flexibility index (Phi) is 4.66. The van der Waals surface area contributed by atoms with E-state index in [-0.39, 0.29) is 18.6 Å². The van der Waals surface area contributed by atoms with E-state index in [1.807, 2.05) is 0 Å². The molecule has 4 nitrogen and oxygen atoms in total. The van der Waals surface area contributed by atoms with Gasteiger partial charge in [-0.05, 0) is 31.0 Å². The Morgan fingerprint density at radius 3 is 2.74 bits per heavy atom. The molecule has 19 heavy (non-hydrogen) atoms. The van der Waals surface area contributed by atoms with Crippen LogP contribution in [-0.2, 0) is 0 Å². The second kappa shape index (κ2) is 6.26. The van der Waals surface area contributed by atoms with Crippen LogP contribution in [0.1, 0.15) is 36.0 Å². The second-order valence-corrected chi connectivity index (χ2v) is 5.31. The molecular formula is C14H19ClN2O2. The van der Waals surface area contributed by atoms with Crippen LogP contribution >= 0.6 is 11.6 Å². The summed E-state index contributed by atoms with van der Waals surface area (Å²) < 4.78 is 0. The highest BCUT2D eigenvalue weighted by Crippen LogP contribution is 2.27. The third kappa shape index (κ3) is 3.19. The van der Waals surface area contributed by atoms with Crippen molar-refractivity contribution in [2.24, 2.45) is 0 Å². The molecule has 0 spiro atoms. The number of nitrogen functional groups attached to an aromatic ring is 1. The number of anilines is 1. The van der Waals surface area contributed by atoms with Gasteiger partial charge in [-0.25, -0.2) is 0 Å². The second-order valence-electron chi connectivity index (χ2n) is 4.90. The number of halogens is 1. The Bertz CT molecular complexity index is 459. The van der Waals surface area contributed by atoms with Crippen LogP contribution in [0.2, 0.25) is 5.02 Å². The molecular weight excluding hydrogens is 264 g/mol. The molecule has 2 rings (SSSR count). The first kappa shape index (κ1) is 14.2. The lowest BCUT2D eigenvalue weighted by Crippen LogP contribution is -2.40. The van der Waals surface area contributed by atoms with Gasteiger partial charge in [0.25, 0.3) is 5.91 Å². The number of rotatable bonds is 4. The molecule has 0 saturated heterocycles. The van der Waals surface area contributed by atoms with Gasteiger partial charge in [-0.2, -0.15) is 0 Å². The Balaban J connectivity index is 2.25. The zero-order chi connectivity index (χ0) is 13.8. The van der Waals surface area contributed by atoms with Crippen molar-refractivity contribution in [3.8, 4) is 0 Å². The third-order valence-corrected chi connectivity index (χ3v) is 3.92. The maximum Gasteiger partial charge on any atom is 0.255 e. The predicted molar refractivity (Wildman–Crippen MR) is 76.2 cm³/mol. The van der Waals surface area contributed by atoms with E-state index in [1.165, 1.54) is 0 Å². The van der Waals surface area contributed by atoms with Gasteiger partial charge in [-0.15, -0.1) is 0 Å². The van der Waals surface area contributed by atoms with E-state index in [2.05, 4.69) is 0 Å². The van der Waals surface area contributed by atoms with Crippen molar-refractivity contribution in [2.75, 3.05) is 18.9 Å². The van der Waals surface area contributed by atoms with Gasteiger partial charge < -0.3 is 15.7 Å². The molecule has 0 unspecified atom stereocenters. The molecule has 0 aromatic heterocycles. The number of nitrogens with zero attached hydrogens (tertiary/aromatic N) is 1. The van der Waals surface area contributed by atoms with Gasteiger partial charge in [0.15, 0.2) is 0 Å². The van der Waals surface area contributed by atoms with Crippen LogP contribution in [0.3, 0.4) is 0 Å². The zero-order valence-corrected chi connectivity index (χ0v) is 11.6. The average Bonchev–Trinajstić information content (AvgIpc) is 2.92. The van der Waals surface area contributed by atoms with Gasteiger partial charge in [0.2, 0.25) is 0 Å². The summed E-state index contributed by atoms with van der Waals surface area (Å²) in [4.78, 5) is 14.3. The fourth-order valence-corrected chi connectivity index (χ4v) is 2.83. The molecule has 1 aromatic carbocycles. The van der Waals surface area contributed by atoms with Crippen LogP contribution in [0.25, 0.3) is 0 Å². The number of aliphatic hydroxyl groups is 1. The molecule has 1 fully saturated rings. The number of hydrogen-bond donors (Lipinski definition) is 2. The molecule has 0 bridgehead atoms. The highest BCUT2D eigenvalue weighted by molar-refractivity contribution is 6.34. The summed E-state index contributed by atoms with van der Waals surface area (Å²) in [6.45, 7) is 0.302. The Morgan fingerprint density at radius 1 is 1.42 bits per heavy atom. The highest BCUT2D eigenvalue weighted by Gasteiger charge is 2.28. The van der Waals surface area contributed by atoms with Gasteiger partial charge >= 0.3 is 0 Å². The zero-order valence-electron chi connectivity index (χ0n) is 10.8. The molecule has 0 heterocycles. The smallest absolute Gasteiger partial charge is 0.255 e. The van der Waals surface area contributed by atoms with E-state index in [9.17, 15) is 4.79 Å². The summed E-state index contributed by atoms with van der Waals surface area (Å²) in [5, 5.41) is 9.57. The van der Waals surface area contributed by atoms with Crippen LogP contribution in [0.5, 0.6) is 0 Å². The van der Waals surface area contributed by atoms with Crippen LogP contribution in [0, 0.1) is 0 Å². The first-order valence-corrected chi connectivity index (χ1v) is 6.98. The minimum atomic E-state index is -0.141. The van der Waals surface area contributed by atoms with Gasteiger partial charge in [0, 0.05) is 18.3 Å². The van der Waals surface area contributed by atoms with Crippen molar-refractivity contribution in [3.63, 3.8) is 0 Å². The molecule has 0 atom stereocenters. The lowest BCUT2D eigenvalue weighted by atomic mass is 10.1. The maximum absolute atomic E-state index is 12.6. The monoisotopic (exact) mass is 282 g/mol. The summed E-state index contributed by atoms with van der Waals surface area (Å²) in [6, 6.07) is 5.11. The van der Waals surface area contributed by atoms with Crippen LogP contribution in [0.15, 0.2) is 18.2 Å². The summed E-state index contributed by atoms with van der Waals surface area (Å²) in [5.41, 5.74) is 6.65. The summed E-state index contributed by atoms with van der Waals surface area (Å²) in [5.74, 6) is -0.141. The molecule has 1 aliphatic rings. The quantitative estimate of drug-likeness (QED) is 0.833. The van der Waals surface area contributed by atoms with E-state index in [4.69, 9.17) is 22.4 Å². The van der Waals surface area contributed by atoms with Crippen molar-refractivity contribution in [1.29, 1.82) is 0 Å². The molecule has 1 aliphatic carbocycles. The number of benzene rings is 1. The fourth-order valence-electron chi connectivity index (χ4n) is 2.64. The summed E-state index contributed by atoms with van der Waals surface area (Å²) >= 11 is 6.08. The normalized spacial score (nSPS) is 15.7. The fraction of sp³-hybridized carbons (Fsp3) is 0.500. The molecule has 3 N–H and O–H groups in total. The van der Waals surface area contributed by atoms with E-state index in [0.717, 1.165) is 25.7 Å². The van der Waals surface area contributed by atoms with Crippen LogP contribution in [0.4, 0.5) is 5.69 Å². The molecule has 1 saturated carbocycles. The van der Waals surface area contributed by atoms with E-state index in [1.54, 1.807) is 23.1 Å². The first-order valence-electron chi connectivity index (χ1n) is 6.60. The van der Waals surface area contributed by atoms with Crippen molar-refractivity contribution in [1.82, 2.24) is 4.90 Å². The van der Waals surface area contributed by atoms with Gasteiger partial charge in [0.1, 0.15) is 0 Å². The lowest BCUT2D eigenvalue weighted by molar-refractivity contribution is 0.0638. The third-order valence-electron chi connectivity index (χ3n) is 3.59. The van der Waals surface area contributed by atoms with Gasteiger partial charge in [-0.1, -0.05) is 24.4 Å². The number of carbonyl (C=O) groups is 1. The number of hydrogen-bond acceptors (Lipinski definition) is 3. The number of carbonyl (C=O) groups excluding carboxylic acids is 1. The molecule has 0 radical (unpaired) electrons. The number of aliphatic hydroxyl groups excluding tert-OH is 1. The van der Waals surface area contributed by atoms with Crippen molar-refractivity contribution >= 4 is 23.2 Å². The predicted octanol–water partition coefficient (Wildman–Crippen LogP) is 2.30. The molecule has 1 amide bonds. The van der Waals surface area contributed by atoms with Crippen molar-refractivity contribution in [2.45, 2.75) is 31.7 Å². The van der Waals surface area contributed by atoms with Gasteiger partial charge in [0.05, 0.1) is 17.2 Å². The summed E-state index contributed by atoms with van der Waals surface area (Å²) in [6.07, 6.45) is 4.24. The summed E-state index contributed by atoms with van der Waals surface area (Å²) in [7, 11) is 0. The Labute approximate surface area is 118 Å². The Hall–Kier alpha value is -1.26. The molecule has 1 aromatic rings.